The molecule has 2 saturated heterocycles. The normalized spacial score (nSPS) is 25.4. The number of nitrogens with zero attached hydrogens (tertiary/aromatic N) is 3. The Morgan fingerprint density at radius 2 is 1.51 bits per heavy atom. The SMILES string of the molecule is CC1=CC2=C(C(C)C1)C(c1ccc(N3CCC(CN4CCN(c5ccc6c(c5)CNC6=O)CC4)CC3)cc1)C(c1ccccc1)CC2. The molecule has 5 heteroatoms. The molecule has 3 atom stereocenters. The first-order chi connectivity index (χ1) is 23.0. The van der Waals surface area contributed by atoms with Gasteiger partial charge in [0.2, 0.25) is 0 Å². The van der Waals surface area contributed by atoms with Gasteiger partial charge in [0.1, 0.15) is 0 Å². The number of carbonyl (C=O) groups is 1. The van der Waals surface area contributed by atoms with Crippen LogP contribution in [0, 0.1) is 11.8 Å². The molecular weight excluding hydrogens is 576 g/mol. The Morgan fingerprint density at radius 3 is 2.28 bits per heavy atom. The Labute approximate surface area is 281 Å². The van der Waals surface area contributed by atoms with Crippen molar-refractivity contribution in [3.63, 3.8) is 0 Å². The monoisotopic (exact) mass is 626 g/mol. The molecule has 5 aliphatic rings. The molecule has 1 amide bonds. The molecule has 2 fully saturated rings. The smallest absolute Gasteiger partial charge is 0.251 e. The molecule has 0 spiro atoms. The van der Waals surface area contributed by atoms with Gasteiger partial charge in [0.05, 0.1) is 0 Å². The fourth-order valence-corrected chi connectivity index (χ4v) is 9.47. The number of carbonyl (C=O) groups excluding carboxylic acids is 1. The van der Waals surface area contributed by atoms with E-state index < -0.39 is 0 Å². The first-order valence-electron chi connectivity index (χ1n) is 18.2. The number of piperazine rings is 1. The van der Waals surface area contributed by atoms with Crippen molar-refractivity contribution in [1.82, 2.24) is 10.2 Å². The zero-order chi connectivity index (χ0) is 31.9. The van der Waals surface area contributed by atoms with E-state index in [2.05, 4.69) is 107 Å². The quantitative estimate of drug-likeness (QED) is 0.302. The molecule has 3 aromatic rings. The van der Waals surface area contributed by atoms with Gasteiger partial charge in [-0.2, -0.15) is 0 Å². The highest BCUT2D eigenvalue weighted by Crippen LogP contribution is 2.52. The molecule has 1 N–H and O–H groups in total. The number of hydrogen-bond acceptors (Lipinski definition) is 4. The minimum absolute atomic E-state index is 0.0640. The third-order valence-corrected chi connectivity index (χ3v) is 11.9. The van der Waals surface area contributed by atoms with Gasteiger partial charge in [-0.1, -0.05) is 66.6 Å². The van der Waals surface area contributed by atoms with E-state index in [0.717, 1.165) is 56.3 Å². The van der Waals surface area contributed by atoms with Gasteiger partial charge in [0.15, 0.2) is 0 Å². The minimum Gasteiger partial charge on any atom is -0.372 e. The molecule has 8 rings (SSSR count). The van der Waals surface area contributed by atoms with Gasteiger partial charge in [-0.15, -0.1) is 0 Å². The molecule has 5 nitrogen and oxygen atoms in total. The highest BCUT2D eigenvalue weighted by molar-refractivity contribution is 5.98. The summed E-state index contributed by atoms with van der Waals surface area (Å²) < 4.78 is 0. The Hall–Kier alpha value is -3.83. The van der Waals surface area contributed by atoms with E-state index in [4.69, 9.17) is 0 Å². The molecule has 47 heavy (non-hydrogen) atoms. The Bertz CT molecular complexity index is 1660. The van der Waals surface area contributed by atoms with Gasteiger partial charge in [-0.3, -0.25) is 9.69 Å². The van der Waals surface area contributed by atoms with Crippen LogP contribution in [0.15, 0.2) is 95.6 Å². The Kier molecular flexibility index (Phi) is 8.43. The highest BCUT2D eigenvalue weighted by atomic mass is 16.1. The van der Waals surface area contributed by atoms with Gasteiger partial charge in [-0.05, 0) is 109 Å². The van der Waals surface area contributed by atoms with Crippen molar-refractivity contribution < 1.29 is 4.79 Å². The second-order valence-corrected chi connectivity index (χ2v) is 14.9. The van der Waals surface area contributed by atoms with E-state index in [9.17, 15) is 4.79 Å². The molecule has 3 unspecified atom stereocenters. The lowest BCUT2D eigenvalue weighted by Crippen LogP contribution is -2.49. The van der Waals surface area contributed by atoms with Crippen molar-refractivity contribution in [2.24, 2.45) is 11.8 Å². The summed E-state index contributed by atoms with van der Waals surface area (Å²) in [5.74, 6) is 2.46. The lowest BCUT2D eigenvalue weighted by molar-refractivity contribution is 0.0965. The molecule has 0 aromatic heterocycles. The fourth-order valence-electron chi connectivity index (χ4n) is 9.47. The lowest BCUT2D eigenvalue weighted by atomic mass is 9.64. The predicted octanol–water partition coefficient (Wildman–Crippen LogP) is 7.91. The summed E-state index contributed by atoms with van der Waals surface area (Å²) in [5, 5.41) is 2.94. The molecule has 244 valence electrons. The topological polar surface area (TPSA) is 38.8 Å². The van der Waals surface area contributed by atoms with Crippen LogP contribution < -0.4 is 15.1 Å². The molecule has 0 bridgehead atoms. The van der Waals surface area contributed by atoms with Crippen molar-refractivity contribution in [3.05, 3.63) is 118 Å². The van der Waals surface area contributed by atoms with E-state index >= 15 is 0 Å². The number of amides is 1. The molecule has 3 aromatic carbocycles. The first kappa shape index (κ1) is 30.5. The maximum Gasteiger partial charge on any atom is 0.251 e. The van der Waals surface area contributed by atoms with Gasteiger partial charge < -0.3 is 15.1 Å². The van der Waals surface area contributed by atoms with Gasteiger partial charge >= 0.3 is 0 Å². The molecule has 3 aliphatic heterocycles. The van der Waals surface area contributed by atoms with Crippen LogP contribution in [0.3, 0.4) is 0 Å². The van der Waals surface area contributed by atoms with Crippen LogP contribution in [0.4, 0.5) is 11.4 Å². The highest BCUT2D eigenvalue weighted by Gasteiger charge is 2.37. The predicted molar refractivity (Wildman–Crippen MR) is 193 cm³/mol. The standard InChI is InChI=1S/C42H50N4O/c1-29-24-30(2)40-34(25-29)10-14-38(32-6-4-3-5-7-32)41(40)33-8-11-36(12-9-33)45-18-16-31(17-19-45)28-44-20-22-46(23-21-44)37-13-15-39-35(26-37)27-43-42(39)47/h3-9,11-13,15,25-26,30-31,38,41H,10,14,16-24,27-28H2,1-2H3,(H,43,47). The number of fused-ring (bicyclic) bond motifs is 1. The third kappa shape index (κ3) is 6.15. The van der Waals surface area contributed by atoms with Crippen molar-refractivity contribution in [3.8, 4) is 0 Å². The van der Waals surface area contributed by atoms with Crippen LogP contribution in [-0.4, -0.2) is 56.6 Å². The van der Waals surface area contributed by atoms with Crippen molar-refractivity contribution in [2.75, 3.05) is 55.6 Å². The summed E-state index contributed by atoms with van der Waals surface area (Å²) in [6, 6.07) is 27.4. The van der Waals surface area contributed by atoms with E-state index in [1.165, 1.54) is 61.2 Å². The van der Waals surface area contributed by atoms with Gasteiger partial charge in [-0.25, -0.2) is 0 Å². The zero-order valence-corrected chi connectivity index (χ0v) is 28.3. The van der Waals surface area contributed by atoms with Crippen LogP contribution in [0.1, 0.15) is 84.8 Å². The number of allylic oxidation sites excluding steroid dienone is 4. The number of piperidine rings is 1. The zero-order valence-electron chi connectivity index (χ0n) is 28.3. The lowest BCUT2D eigenvalue weighted by Gasteiger charge is -2.41. The van der Waals surface area contributed by atoms with E-state index in [1.807, 2.05) is 6.07 Å². The largest absolute Gasteiger partial charge is 0.372 e. The maximum atomic E-state index is 11.9. The van der Waals surface area contributed by atoms with E-state index in [1.54, 1.807) is 16.7 Å². The Balaban J connectivity index is 0.885. The summed E-state index contributed by atoms with van der Waals surface area (Å²) >= 11 is 0. The number of nitrogens with one attached hydrogen (secondary N) is 1. The fraction of sp³-hybridized carbons (Fsp3) is 0.452. The van der Waals surface area contributed by atoms with Crippen LogP contribution in [0.25, 0.3) is 0 Å². The van der Waals surface area contributed by atoms with Crippen LogP contribution >= 0.6 is 0 Å². The molecule has 0 radical (unpaired) electrons. The Morgan fingerprint density at radius 1 is 0.787 bits per heavy atom. The van der Waals surface area contributed by atoms with Gasteiger partial charge in [0, 0.05) is 75.2 Å². The summed E-state index contributed by atoms with van der Waals surface area (Å²) in [6.07, 6.45) is 8.67. The average Bonchev–Trinajstić information content (AvgIpc) is 3.48. The number of hydrogen-bond donors (Lipinski definition) is 1. The number of anilines is 2. The summed E-state index contributed by atoms with van der Waals surface area (Å²) in [5.41, 5.74) is 12.5. The molecular formula is C42H50N4O. The number of rotatable bonds is 6. The van der Waals surface area contributed by atoms with E-state index in [0.29, 0.717) is 24.3 Å². The number of benzene rings is 3. The molecule has 3 heterocycles. The molecule has 2 aliphatic carbocycles. The van der Waals surface area contributed by atoms with E-state index in [-0.39, 0.29) is 5.91 Å². The van der Waals surface area contributed by atoms with Crippen molar-refractivity contribution in [1.29, 1.82) is 0 Å². The second-order valence-electron chi connectivity index (χ2n) is 14.9. The van der Waals surface area contributed by atoms with Crippen LogP contribution in [0.5, 0.6) is 0 Å². The average molecular weight is 627 g/mol. The maximum absolute atomic E-state index is 11.9. The van der Waals surface area contributed by atoms with Crippen molar-refractivity contribution in [2.45, 2.75) is 64.3 Å². The third-order valence-electron chi connectivity index (χ3n) is 11.9. The summed E-state index contributed by atoms with van der Waals surface area (Å²) in [7, 11) is 0. The summed E-state index contributed by atoms with van der Waals surface area (Å²) in [6.45, 7) is 13.3. The summed E-state index contributed by atoms with van der Waals surface area (Å²) in [4.78, 5) is 19.7. The molecule has 0 saturated carbocycles. The second kappa shape index (κ2) is 13.0. The van der Waals surface area contributed by atoms with Crippen LogP contribution in [0.2, 0.25) is 0 Å². The van der Waals surface area contributed by atoms with Crippen LogP contribution in [-0.2, 0) is 6.54 Å². The minimum atomic E-state index is 0.0640. The van der Waals surface area contributed by atoms with Gasteiger partial charge in [0.25, 0.3) is 5.91 Å². The first-order valence-corrected chi connectivity index (χ1v) is 18.2. The van der Waals surface area contributed by atoms with Crippen molar-refractivity contribution >= 4 is 17.3 Å².